The lowest BCUT2D eigenvalue weighted by Crippen LogP contribution is -2.30. The molecule has 2 N–H and O–H groups in total. The molecule has 0 spiro atoms. The Balaban J connectivity index is 2.42. The van der Waals surface area contributed by atoms with Crippen LogP contribution in [0.1, 0.15) is 25.0 Å². The monoisotopic (exact) mass is 256 g/mol. The molecule has 1 aromatic rings. The van der Waals surface area contributed by atoms with Crippen molar-refractivity contribution in [2.45, 2.75) is 19.4 Å². The molecular weight excluding hydrogens is 242 g/mol. The van der Waals surface area contributed by atoms with Crippen molar-refractivity contribution in [3.05, 3.63) is 22.7 Å². The number of rotatable bonds is 4. The largest absolute Gasteiger partial charge is 0.495 e. The zero-order valence-corrected chi connectivity index (χ0v) is 10.3. The van der Waals surface area contributed by atoms with Gasteiger partial charge in [0.15, 0.2) is 0 Å². The minimum Gasteiger partial charge on any atom is -0.492 e. The zero-order chi connectivity index (χ0) is 12.4. The maximum absolute atomic E-state index is 9.86. The van der Waals surface area contributed by atoms with E-state index in [4.69, 9.17) is 26.1 Å². The highest BCUT2D eigenvalue weighted by molar-refractivity contribution is 6.63. The molecular formula is C11H14BClO4. The van der Waals surface area contributed by atoms with Crippen LogP contribution in [0.15, 0.2) is 12.1 Å². The fourth-order valence-electron chi connectivity index (χ4n) is 2.05. The zero-order valence-electron chi connectivity index (χ0n) is 9.52. The predicted octanol–water partition coefficient (Wildman–Crippen LogP) is 0.880. The Labute approximate surface area is 105 Å². The first-order valence-corrected chi connectivity index (χ1v) is 5.96. The number of halogens is 1. The number of hydrogen-bond acceptors (Lipinski definition) is 4. The maximum Gasteiger partial charge on any atom is 0.495 e. The molecule has 17 heavy (non-hydrogen) atoms. The van der Waals surface area contributed by atoms with E-state index >= 15 is 0 Å². The van der Waals surface area contributed by atoms with Crippen molar-refractivity contribution in [3.8, 4) is 5.75 Å². The van der Waals surface area contributed by atoms with E-state index in [9.17, 15) is 5.02 Å². The summed E-state index contributed by atoms with van der Waals surface area (Å²) in [6.45, 7) is 2.06. The van der Waals surface area contributed by atoms with Gasteiger partial charge in [-0.2, -0.15) is 0 Å². The van der Waals surface area contributed by atoms with E-state index in [-0.39, 0.29) is 19.3 Å². The van der Waals surface area contributed by atoms with Crippen molar-refractivity contribution in [1.29, 1.82) is 0 Å². The van der Waals surface area contributed by atoms with Crippen LogP contribution in [0.5, 0.6) is 5.75 Å². The van der Waals surface area contributed by atoms with Gasteiger partial charge < -0.3 is 19.5 Å². The van der Waals surface area contributed by atoms with Crippen molar-refractivity contribution >= 4 is 24.2 Å². The van der Waals surface area contributed by atoms with E-state index in [2.05, 4.69) is 0 Å². The van der Waals surface area contributed by atoms with Crippen molar-refractivity contribution in [1.82, 2.24) is 0 Å². The van der Waals surface area contributed by atoms with Crippen LogP contribution in [0.2, 0.25) is 5.02 Å². The molecule has 92 valence electrons. The smallest absolute Gasteiger partial charge is 0.492 e. The summed E-state index contributed by atoms with van der Waals surface area (Å²) >= 11 is 6.12. The molecule has 0 amide bonds. The molecule has 1 aliphatic heterocycles. The molecule has 2 rings (SSSR count). The lowest BCUT2D eigenvalue weighted by Gasteiger charge is -2.12. The van der Waals surface area contributed by atoms with Crippen LogP contribution in [0.3, 0.4) is 0 Å². The van der Waals surface area contributed by atoms with Crippen molar-refractivity contribution < 1.29 is 19.5 Å². The van der Waals surface area contributed by atoms with Crippen LogP contribution in [-0.4, -0.2) is 30.5 Å². The Bertz CT molecular complexity index is 413. The van der Waals surface area contributed by atoms with Crippen LogP contribution in [0.4, 0.5) is 0 Å². The highest BCUT2D eigenvalue weighted by Crippen LogP contribution is 2.35. The fourth-order valence-corrected chi connectivity index (χ4v) is 2.33. The molecule has 1 atom stereocenters. The Morgan fingerprint density at radius 3 is 2.94 bits per heavy atom. The number of ether oxygens (including phenoxy) is 1. The van der Waals surface area contributed by atoms with Gasteiger partial charge in [-0.3, -0.25) is 0 Å². The molecule has 0 aliphatic carbocycles. The van der Waals surface area contributed by atoms with Crippen LogP contribution < -0.4 is 10.2 Å². The molecule has 6 heteroatoms. The van der Waals surface area contributed by atoms with Crippen molar-refractivity contribution in [2.75, 3.05) is 13.2 Å². The molecule has 0 saturated carbocycles. The van der Waals surface area contributed by atoms with Crippen LogP contribution in [-0.2, 0) is 4.65 Å². The first kappa shape index (κ1) is 12.7. The molecule has 1 unspecified atom stereocenters. The standard InChI is InChI=1S/C11H14BClO4/c1-2-8-10-7(13)3-4-9(16-6-5-14)11(10)12(15)17-8/h3-4,8,14-15H,2,5-6H2,1H3. The number of benzene rings is 1. The van der Waals surface area contributed by atoms with Crippen LogP contribution in [0.25, 0.3) is 0 Å². The molecule has 1 aromatic carbocycles. The molecule has 0 aromatic heterocycles. The Morgan fingerprint density at radius 2 is 2.29 bits per heavy atom. The number of hydrogen-bond donors (Lipinski definition) is 2. The van der Waals surface area contributed by atoms with Crippen LogP contribution in [0, 0.1) is 0 Å². The predicted molar refractivity (Wildman–Crippen MR) is 65.8 cm³/mol. The van der Waals surface area contributed by atoms with Gasteiger partial charge in [-0.05, 0) is 18.6 Å². The summed E-state index contributed by atoms with van der Waals surface area (Å²) < 4.78 is 10.8. The van der Waals surface area contributed by atoms with E-state index in [0.29, 0.717) is 16.2 Å². The molecule has 0 saturated heterocycles. The van der Waals surface area contributed by atoms with E-state index in [1.54, 1.807) is 12.1 Å². The number of aliphatic hydroxyl groups is 1. The summed E-state index contributed by atoms with van der Waals surface area (Å²) in [5, 5.41) is 19.2. The summed E-state index contributed by atoms with van der Waals surface area (Å²) in [5.41, 5.74) is 1.37. The normalized spacial score (nSPS) is 18.4. The molecule has 1 aliphatic rings. The lowest BCUT2D eigenvalue weighted by atomic mass is 9.78. The van der Waals surface area contributed by atoms with Crippen molar-refractivity contribution in [3.63, 3.8) is 0 Å². The average molecular weight is 256 g/mol. The third-order valence-corrected chi connectivity index (χ3v) is 3.11. The number of aliphatic hydroxyl groups excluding tert-OH is 1. The summed E-state index contributed by atoms with van der Waals surface area (Å²) in [7, 11) is -1.01. The first-order chi connectivity index (χ1) is 8.19. The highest BCUT2D eigenvalue weighted by Gasteiger charge is 2.38. The third-order valence-electron chi connectivity index (χ3n) is 2.78. The Morgan fingerprint density at radius 1 is 1.53 bits per heavy atom. The second kappa shape index (κ2) is 5.27. The van der Waals surface area contributed by atoms with Crippen molar-refractivity contribution in [2.24, 2.45) is 0 Å². The number of fused-ring (bicyclic) bond motifs is 1. The summed E-state index contributed by atoms with van der Waals surface area (Å²) in [4.78, 5) is 0. The molecule has 4 nitrogen and oxygen atoms in total. The SMILES string of the molecule is CCC1OB(O)c2c(OCCO)ccc(Cl)c21. The average Bonchev–Trinajstić information content (AvgIpc) is 2.67. The topological polar surface area (TPSA) is 58.9 Å². The van der Waals surface area contributed by atoms with Gasteiger partial charge in [0.1, 0.15) is 12.4 Å². The second-order valence-electron chi connectivity index (χ2n) is 3.83. The molecule has 0 bridgehead atoms. The van der Waals surface area contributed by atoms with Gasteiger partial charge in [-0.15, -0.1) is 0 Å². The van der Waals surface area contributed by atoms with E-state index in [0.717, 1.165) is 12.0 Å². The summed E-state index contributed by atoms with van der Waals surface area (Å²) in [5.74, 6) is 0.516. The summed E-state index contributed by atoms with van der Waals surface area (Å²) in [6.07, 6.45) is 0.526. The van der Waals surface area contributed by atoms with Gasteiger partial charge in [0, 0.05) is 16.0 Å². The fraction of sp³-hybridized carbons (Fsp3) is 0.455. The highest BCUT2D eigenvalue weighted by atomic mass is 35.5. The van der Waals surface area contributed by atoms with Gasteiger partial charge in [-0.25, -0.2) is 0 Å². The minimum absolute atomic E-state index is 0.0778. The van der Waals surface area contributed by atoms with Gasteiger partial charge in [0.25, 0.3) is 0 Å². The molecule has 1 heterocycles. The Kier molecular flexibility index (Phi) is 3.94. The van der Waals surface area contributed by atoms with E-state index < -0.39 is 7.12 Å². The van der Waals surface area contributed by atoms with Gasteiger partial charge in [-0.1, -0.05) is 18.5 Å². The third kappa shape index (κ3) is 2.28. The van der Waals surface area contributed by atoms with Gasteiger partial charge in [0.05, 0.1) is 12.7 Å². The van der Waals surface area contributed by atoms with Gasteiger partial charge in [0.2, 0.25) is 0 Å². The Hall–Kier alpha value is -0.745. The van der Waals surface area contributed by atoms with Crippen LogP contribution >= 0.6 is 11.6 Å². The van der Waals surface area contributed by atoms with E-state index in [1.807, 2.05) is 6.92 Å². The van der Waals surface area contributed by atoms with Gasteiger partial charge >= 0.3 is 7.12 Å². The summed E-state index contributed by atoms with van der Waals surface area (Å²) in [6, 6.07) is 3.40. The molecule has 0 radical (unpaired) electrons. The minimum atomic E-state index is -1.01. The van der Waals surface area contributed by atoms with E-state index in [1.165, 1.54) is 0 Å². The maximum atomic E-state index is 9.86. The first-order valence-electron chi connectivity index (χ1n) is 5.58. The quantitative estimate of drug-likeness (QED) is 0.785. The second-order valence-corrected chi connectivity index (χ2v) is 4.24. The molecule has 0 fully saturated rings. The lowest BCUT2D eigenvalue weighted by molar-refractivity contribution is 0.186.